The fourth-order valence-electron chi connectivity index (χ4n) is 6.42. The van der Waals surface area contributed by atoms with Crippen LogP contribution in [-0.2, 0) is 15.1 Å². The zero-order chi connectivity index (χ0) is 23.1. The summed E-state index contributed by atoms with van der Waals surface area (Å²) in [6, 6.07) is 28.1. The summed E-state index contributed by atoms with van der Waals surface area (Å²) in [5.74, 6) is -1.14. The SMILES string of the molecule is COC(=O)[C@]12CCCN1[C@@H](c1ccccc1)[C@H](c1ccccc1)[C@@]2(c1ccccc1)[N+](=O)[O-]. The molecule has 3 aromatic rings. The lowest BCUT2D eigenvalue weighted by Crippen LogP contribution is -2.63. The molecule has 4 atom stereocenters. The van der Waals surface area contributed by atoms with Crippen molar-refractivity contribution >= 4 is 5.97 Å². The quantitative estimate of drug-likeness (QED) is 0.325. The molecule has 2 aliphatic heterocycles. The lowest BCUT2D eigenvalue weighted by molar-refractivity contribution is -0.592. The number of carbonyl (C=O) groups is 1. The maximum absolute atomic E-state index is 13.7. The van der Waals surface area contributed by atoms with Crippen LogP contribution >= 0.6 is 0 Å². The van der Waals surface area contributed by atoms with E-state index in [0.29, 0.717) is 24.9 Å². The van der Waals surface area contributed by atoms with Gasteiger partial charge in [0, 0.05) is 17.0 Å². The first-order valence-corrected chi connectivity index (χ1v) is 11.2. The lowest BCUT2D eigenvalue weighted by Gasteiger charge is -2.39. The number of rotatable bonds is 5. The molecule has 2 aliphatic rings. The normalized spacial score (nSPS) is 28.9. The fraction of sp³-hybridized carbons (Fsp3) is 0.296. The Morgan fingerprint density at radius 1 is 0.939 bits per heavy atom. The molecule has 0 unspecified atom stereocenters. The second-order valence-electron chi connectivity index (χ2n) is 8.78. The number of methoxy groups -OCH3 is 1. The first kappa shape index (κ1) is 21.3. The van der Waals surface area contributed by atoms with Crippen molar-refractivity contribution in [3.8, 4) is 0 Å². The molecule has 0 N–H and O–H groups in total. The number of nitrogens with zero attached hydrogens (tertiary/aromatic N) is 2. The average molecular weight is 443 g/mol. The van der Waals surface area contributed by atoms with Crippen molar-refractivity contribution in [1.29, 1.82) is 0 Å². The molecule has 0 spiro atoms. The van der Waals surface area contributed by atoms with Crippen LogP contribution in [0.2, 0.25) is 0 Å². The van der Waals surface area contributed by atoms with Gasteiger partial charge >= 0.3 is 5.97 Å². The van der Waals surface area contributed by atoms with Gasteiger partial charge in [0.15, 0.2) is 5.54 Å². The highest BCUT2D eigenvalue weighted by Gasteiger charge is 2.82. The largest absolute Gasteiger partial charge is 0.467 e. The Morgan fingerprint density at radius 3 is 2.03 bits per heavy atom. The van der Waals surface area contributed by atoms with Gasteiger partial charge in [-0.15, -0.1) is 0 Å². The van der Waals surface area contributed by atoms with Crippen LogP contribution in [0.25, 0.3) is 0 Å². The predicted octanol–water partition coefficient (Wildman–Crippen LogP) is 4.70. The van der Waals surface area contributed by atoms with Gasteiger partial charge < -0.3 is 4.74 Å². The van der Waals surface area contributed by atoms with Gasteiger partial charge in [-0.25, -0.2) is 4.79 Å². The number of benzene rings is 3. The molecule has 3 aromatic carbocycles. The molecule has 0 radical (unpaired) electrons. The molecular weight excluding hydrogens is 416 g/mol. The van der Waals surface area contributed by atoms with Crippen LogP contribution in [0.15, 0.2) is 91.0 Å². The zero-order valence-electron chi connectivity index (χ0n) is 18.5. The van der Waals surface area contributed by atoms with Crippen LogP contribution in [0.1, 0.15) is 41.5 Å². The molecule has 2 heterocycles. The maximum Gasteiger partial charge on any atom is 0.334 e. The summed E-state index contributed by atoms with van der Waals surface area (Å²) >= 11 is 0. The summed E-state index contributed by atoms with van der Waals surface area (Å²) in [7, 11) is 1.33. The molecular formula is C27H26N2O4. The van der Waals surface area contributed by atoms with E-state index in [1.54, 1.807) is 12.1 Å². The van der Waals surface area contributed by atoms with Crippen LogP contribution in [0, 0.1) is 10.1 Å². The Hall–Kier alpha value is -3.51. The van der Waals surface area contributed by atoms with Gasteiger partial charge in [0.25, 0.3) is 5.54 Å². The van der Waals surface area contributed by atoms with Crippen molar-refractivity contribution in [1.82, 2.24) is 4.90 Å². The van der Waals surface area contributed by atoms with Crippen molar-refractivity contribution in [2.24, 2.45) is 0 Å². The molecule has 0 aliphatic carbocycles. The third-order valence-corrected chi connectivity index (χ3v) is 7.48. The Bertz CT molecular complexity index is 1150. The second kappa shape index (κ2) is 8.12. The summed E-state index contributed by atoms with van der Waals surface area (Å²) in [6.45, 7) is 0.584. The van der Waals surface area contributed by atoms with Gasteiger partial charge in [-0.3, -0.25) is 15.0 Å². The molecule has 2 fully saturated rings. The minimum atomic E-state index is -1.72. The molecule has 2 saturated heterocycles. The summed E-state index contributed by atoms with van der Waals surface area (Å²) in [5.41, 5.74) is -0.821. The van der Waals surface area contributed by atoms with Crippen LogP contribution in [0.3, 0.4) is 0 Å². The Balaban J connectivity index is 1.92. The number of nitro groups is 1. The number of hydrogen-bond acceptors (Lipinski definition) is 5. The lowest BCUT2D eigenvalue weighted by atomic mass is 9.63. The average Bonchev–Trinajstić information content (AvgIpc) is 3.40. The van der Waals surface area contributed by atoms with E-state index in [9.17, 15) is 14.9 Å². The van der Waals surface area contributed by atoms with Crippen molar-refractivity contribution in [2.75, 3.05) is 13.7 Å². The zero-order valence-corrected chi connectivity index (χ0v) is 18.5. The standard InChI is InChI=1S/C27H26N2O4/c1-33-25(30)26-18-11-19-28(26)24(21-14-7-3-8-15-21)23(20-12-5-2-6-13-20)27(26,29(31)32)22-16-9-4-10-17-22/h2-10,12-17,23-24H,11,18-19H2,1H3/t23-,24-,26-,27+/m0/s1. The number of esters is 1. The Morgan fingerprint density at radius 2 is 1.48 bits per heavy atom. The monoisotopic (exact) mass is 442 g/mol. The minimum absolute atomic E-state index is 0.210. The molecule has 0 bridgehead atoms. The highest BCUT2D eigenvalue weighted by atomic mass is 16.6. The first-order valence-electron chi connectivity index (χ1n) is 11.2. The number of hydrogen-bond donors (Lipinski definition) is 0. The van der Waals surface area contributed by atoms with Crippen LogP contribution in [-0.4, -0.2) is 35.0 Å². The molecule has 33 heavy (non-hydrogen) atoms. The molecule has 5 rings (SSSR count). The molecule has 168 valence electrons. The fourth-order valence-corrected chi connectivity index (χ4v) is 6.42. The Labute approximate surface area is 193 Å². The van der Waals surface area contributed by atoms with E-state index in [2.05, 4.69) is 4.90 Å². The van der Waals surface area contributed by atoms with E-state index in [-0.39, 0.29) is 11.0 Å². The molecule has 0 amide bonds. The van der Waals surface area contributed by atoms with Crippen molar-refractivity contribution in [2.45, 2.75) is 35.9 Å². The van der Waals surface area contributed by atoms with Gasteiger partial charge in [-0.2, -0.15) is 0 Å². The van der Waals surface area contributed by atoms with E-state index < -0.39 is 23.0 Å². The third kappa shape index (κ3) is 2.80. The van der Waals surface area contributed by atoms with Gasteiger partial charge in [0.05, 0.1) is 19.1 Å². The van der Waals surface area contributed by atoms with Gasteiger partial charge in [-0.1, -0.05) is 91.0 Å². The third-order valence-electron chi connectivity index (χ3n) is 7.48. The van der Waals surface area contributed by atoms with E-state index in [1.165, 1.54) is 7.11 Å². The molecule has 6 nitrogen and oxygen atoms in total. The van der Waals surface area contributed by atoms with Gasteiger partial charge in [-0.05, 0) is 24.0 Å². The highest BCUT2D eigenvalue weighted by molar-refractivity contribution is 5.85. The summed E-state index contributed by atoms with van der Waals surface area (Å²) in [5, 5.41) is 13.4. The summed E-state index contributed by atoms with van der Waals surface area (Å²) in [4.78, 5) is 29.0. The van der Waals surface area contributed by atoms with Crippen molar-refractivity contribution < 1.29 is 14.5 Å². The van der Waals surface area contributed by atoms with Crippen LogP contribution < -0.4 is 0 Å². The minimum Gasteiger partial charge on any atom is -0.467 e. The number of carbonyl (C=O) groups excluding carboxylic acids is 1. The highest BCUT2D eigenvalue weighted by Crippen LogP contribution is 2.66. The van der Waals surface area contributed by atoms with Gasteiger partial charge in [0.2, 0.25) is 0 Å². The Kier molecular flexibility index (Phi) is 5.25. The van der Waals surface area contributed by atoms with E-state index >= 15 is 0 Å². The predicted molar refractivity (Wildman–Crippen MR) is 124 cm³/mol. The van der Waals surface area contributed by atoms with Crippen LogP contribution in [0.4, 0.5) is 0 Å². The molecule has 6 heteroatoms. The summed E-state index contributed by atoms with van der Waals surface area (Å²) in [6.07, 6.45) is 1.05. The number of ether oxygens (including phenoxy) is 1. The topological polar surface area (TPSA) is 72.7 Å². The van der Waals surface area contributed by atoms with E-state index in [0.717, 1.165) is 11.1 Å². The number of fused-ring (bicyclic) bond motifs is 1. The molecule has 0 aromatic heterocycles. The maximum atomic E-state index is 13.7. The van der Waals surface area contributed by atoms with E-state index in [1.807, 2.05) is 78.9 Å². The van der Waals surface area contributed by atoms with Crippen molar-refractivity contribution in [3.63, 3.8) is 0 Å². The van der Waals surface area contributed by atoms with Crippen LogP contribution in [0.5, 0.6) is 0 Å². The summed E-state index contributed by atoms with van der Waals surface area (Å²) < 4.78 is 5.35. The molecule has 0 saturated carbocycles. The van der Waals surface area contributed by atoms with Gasteiger partial charge in [0.1, 0.15) is 0 Å². The first-order chi connectivity index (χ1) is 16.1. The van der Waals surface area contributed by atoms with Crippen molar-refractivity contribution in [3.05, 3.63) is 118 Å². The second-order valence-corrected chi connectivity index (χ2v) is 8.78. The van der Waals surface area contributed by atoms with E-state index in [4.69, 9.17) is 4.74 Å². The smallest absolute Gasteiger partial charge is 0.334 e.